The van der Waals surface area contributed by atoms with Crippen LogP contribution in [0.25, 0.3) is 0 Å². The summed E-state index contributed by atoms with van der Waals surface area (Å²) in [6, 6.07) is 9.42. The average molecular weight is 365 g/mol. The summed E-state index contributed by atoms with van der Waals surface area (Å²) in [5.74, 6) is 0.0206. The van der Waals surface area contributed by atoms with Gasteiger partial charge >= 0.3 is 0 Å². The van der Waals surface area contributed by atoms with E-state index in [4.69, 9.17) is 16.7 Å². The summed E-state index contributed by atoms with van der Waals surface area (Å²) in [6.07, 6.45) is 0. The first-order valence-corrected chi connectivity index (χ1v) is 9.70. The van der Waals surface area contributed by atoms with E-state index in [1.165, 1.54) is 11.1 Å². The van der Waals surface area contributed by atoms with Crippen molar-refractivity contribution < 1.29 is 8.42 Å². The number of aryl methyl sites for hydroxylation is 2. The molecule has 0 spiro atoms. The predicted molar refractivity (Wildman–Crippen MR) is 96.9 cm³/mol. The van der Waals surface area contributed by atoms with Crippen LogP contribution in [0, 0.1) is 13.8 Å². The van der Waals surface area contributed by atoms with Crippen molar-refractivity contribution in [1.82, 2.24) is 4.90 Å². The van der Waals surface area contributed by atoms with Gasteiger partial charge in [0.2, 0.25) is 10.0 Å². The Kier molecular flexibility index (Phi) is 4.47. The third-order valence-corrected chi connectivity index (χ3v) is 6.11. The molecule has 24 heavy (non-hydrogen) atoms. The highest BCUT2D eigenvalue weighted by Gasteiger charge is 2.29. The lowest BCUT2D eigenvalue weighted by molar-refractivity contribution is 0.294. The largest absolute Gasteiger partial charge is 0.301 e. The van der Waals surface area contributed by atoms with Crippen molar-refractivity contribution in [1.29, 1.82) is 0 Å². The molecule has 1 aliphatic rings. The minimum atomic E-state index is -3.75. The standard InChI is InChI=1S/C18H21ClN2O2S/c1-11-5-7-16(19)18-14(11)9-21(3)10-15(18)13-6-4-12(2)17(8-13)24(20,22)23/h4-8,15H,9-10H2,1-3H3,(H2,20,22,23). The molecule has 2 N–H and O–H groups in total. The number of hydrogen-bond donors (Lipinski definition) is 1. The van der Waals surface area contributed by atoms with Crippen molar-refractivity contribution in [2.45, 2.75) is 31.2 Å². The van der Waals surface area contributed by atoms with Crippen molar-refractivity contribution >= 4 is 21.6 Å². The molecule has 0 saturated carbocycles. The van der Waals surface area contributed by atoms with Gasteiger partial charge in [0.25, 0.3) is 0 Å². The third-order valence-electron chi connectivity index (χ3n) is 4.73. The van der Waals surface area contributed by atoms with Crippen LogP contribution in [0.2, 0.25) is 5.02 Å². The summed E-state index contributed by atoms with van der Waals surface area (Å²) in [4.78, 5) is 2.41. The summed E-state index contributed by atoms with van der Waals surface area (Å²) in [5, 5.41) is 6.10. The van der Waals surface area contributed by atoms with Crippen LogP contribution in [-0.4, -0.2) is 26.9 Å². The summed E-state index contributed by atoms with van der Waals surface area (Å²) >= 11 is 6.51. The van der Waals surface area contributed by atoms with Gasteiger partial charge in [0.15, 0.2) is 0 Å². The van der Waals surface area contributed by atoms with Gasteiger partial charge in [0, 0.05) is 24.0 Å². The molecule has 1 unspecified atom stereocenters. The normalized spacial score (nSPS) is 18.5. The first kappa shape index (κ1) is 17.4. The van der Waals surface area contributed by atoms with Gasteiger partial charge in [-0.05, 0) is 60.8 Å². The molecule has 1 atom stereocenters. The number of likely N-dealkylation sites (N-methyl/N-ethyl adjacent to an activating group) is 1. The number of benzene rings is 2. The number of nitrogens with zero attached hydrogens (tertiary/aromatic N) is 1. The molecule has 3 rings (SSSR count). The van der Waals surface area contributed by atoms with Gasteiger partial charge < -0.3 is 4.90 Å². The zero-order valence-corrected chi connectivity index (χ0v) is 15.6. The van der Waals surface area contributed by atoms with Crippen LogP contribution in [0.5, 0.6) is 0 Å². The summed E-state index contributed by atoms with van der Waals surface area (Å²) in [6.45, 7) is 5.45. The molecule has 2 aromatic rings. The Hall–Kier alpha value is -1.40. The lowest BCUT2D eigenvalue weighted by atomic mass is 9.83. The zero-order chi connectivity index (χ0) is 17.6. The lowest BCUT2D eigenvalue weighted by Gasteiger charge is -2.34. The minimum Gasteiger partial charge on any atom is -0.301 e. The molecule has 0 aromatic heterocycles. The van der Waals surface area contributed by atoms with Gasteiger partial charge in [-0.3, -0.25) is 0 Å². The monoisotopic (exact) mass is 364 g/mol. The van der Waals surface area contributed by atoms with Crippen LogP contribution >= 0.6 is 11.6 Å². The molecule has 0 radical (unpaired) electrons. The molecule has 0 saturated heterocycles. The molecule has 0 bridgehead atoms. The number of rotatable bonds is 2. The lowest BCUT2D eigenvalue weighted by Crippen LogP contribution is -2.32. The highest BCUT2D eigenvalue weighted by Crippen LogP contribution is 2.39. The van der Waals surface area contributed by atoms with Crippen molar-refractivity contribution in [3.63, 3.8) is 0 Å². The quantitative estimate of drug-likeness (QED) is 0.890. The number of hydrogen-bond acceptors (Lipinski definition) is 3. The Balaban J connectivity index is 2.20. The van der Waals surface area contributed by atoms with Crippen LogP contribution in [0.4, 0.5) is 0 Å². The van der Waals surface area contributed by atoms with Gasteiger partial charge in [-0.1, -0.05) is 29.8 Å². The molecule has 2 aromatic carbocycles. The van der Waals surface area contributed by atoms with E-state index in [2.05, 4.69) is 18.9 Å². The average Bonchev–Trinajstić information content (AvgIpc) is 2.49. The highest BCUT2D eigenvalue weighted by molar-refractivity contribution is 7.89. The Bertz CT molecular complexity index is 909. The first-order chi connectivity index (χ1) is 11.2. The fraction of sp³-hybridized carbons (Fsp3) is 0.333. The molecule has 1 heterocycles. The molecule has 6 heteroatoms. The molecular weight excluding hydrogens is 344 g/mol. The van der Waals surface area contributed by atoms with E-state index in [-0.39, 0.29) is 10.8 Å². The number of fused-ring (bicyclic) bond motifs is 1. The van der Waals surface area contributed by atoms with E-state index in [1.54, 1.807) is 13.0 Å². The topological polar surface area (TPSA) is 63.4 Å². The summed E-state index contributed by atoms with van der Waals surface area (Å²) in [5.41, 5.74) is 5.09. The summed E-state index contributed by atoms with van der Waals surface area (Å²) < 4.78 is 23.7. The molecular formula is C18H21ClN2O2S. The van der Waals surface area contributed by atoms with Crippen LogP contribution < -0.4 is 5.14 Å². The second kappa shape index (κ2) is 6.15. The fourth-order valence-corrected chi connectivity index (χ4v) is 4.61. The molecule has 0 fully saturated rings. The second-order valence-electron chi connectivity index (χ2n) is 6.58. The van der Waals surface area contributed by atoms with Gasteiger partial charge in [0.1, 0.15) is 0 Å². The Morgan fingerprint density at radius 1 is 1.17 bits per heavy atom. The number of sulfonamides is 1. The highest BCUT2D eigenvalue weighted by atomic mass is 35.5. The van der Waals surface area contributed by atoms with Crippen molar-refractivity contribution in [3.8, 4) is 0 Å². The number of nitrogens with two attached hydrogens (primary N) is 1. The van der Waals surface area contributed by atoms with Crippen molar-refractivity contribution in [3.05, 3.63) is 63.2 Å². The second-order valence-corrected chi connectivity index (χ2v) is 8.51. The van der Waals surface area contributed by atoms with E-state index >= 15 is 0 Å². The smallest absolute Gasteiger partial charge is 0.238 e. The maximum Gasteiger partial charge on any atom is 0.238 e. The fourth-order valence-electron chi connectivity index (χ4n) is 3.48. The van der Waals surface area contributed by atoms with Crippen LogP contribution in [0.1, 0.15) is 33.7 Å². The minimum absolute atomic E-state index is 0.0206. The van der Waals surface area contributed by atoms with Crippen LogP contribution in [0.3, 0.4) is 0 Å². The number of halogens is 1. The van der Waals surface area contributed by atoms with E-state index < -0.39 is 10.0 Å². The zero-order valence-electron chi connectivity index (χ0n) is 14.0. The van der Waals surface area contributed by atoms with Crippen LogP contribution in [-0.2, 0) is 16.6 Å². The van der Waals surface area contributed by atoms with Gasteiger partial charge in [-0.25, -0.2) is 13.6 Å². The molecule has 128 valence electrons. The van der Waals surface area contributed by atoms with E-state index in [0.29, 0.717) is 5.56 Å². The maximum absolute atomic E-state index is 11.9. The molecule has 4 nitrogen and oxygen atoms in total. The van der Waals surface area contributed by atoms with Gasteiger partial charge in [-0.15, -0.1) is 0 Å². The molecule has 1 aliphatic heterocycles. The van der Waals surface area contributed by atoms with E-state index in [1.807, 2.05) is 24.3 Å². The Morgan fingerprint density at radius 3 is 2.50 bits per heavy atom. The van der Waals surface area contributed by atoms with E-state index in [9.17, 15) is 8.42 Å². The predicted octanol–water partition coefficient (Wildman–Crippen LogP) is 3.18. The van der Waals surface area contributed by atoms with Gasteiger partial charge in [-0.2, -0.15) is 0 Å². The van der Waals surface area contributed by atoms with Gasteiger partial charge in [0.05, 0.1) is 4.90 Å². The third kappa shape index (κ3) is 3.09. The SMILES string of the molecule is Cc1ccc(C2CN(C)Cc3c(C)ccc(Cl)c32)cc1S(N)(=O)=O. The first-order valence-electron chi connectivity index (χ1n) is 7.78. The molecule has 0 aliphatic carbocycles. The number of primary sulfonamides is 1. The van der Waals surface area contributed by atoms with Crippen LogP contribution in [0.15, 0.2) is 35.2 Å². The Morgan fingerprint density at radius 2 is 1.83 bits per heavy atom. The maximum atomic E-state index is 11.9. The Labute approximate surface area is 148 Å². The van der Waals surface area contributed by atoms with Crippen molar-refractivity contribution in [2.75, 3.05) is 13.6 Å². The summed E-state index contributed by atoms with van der Waals surface area (Å²) in [7, 11) is -1.69. The van der Waals surface area contributed by atoms with Crippen molar-refractivity contribution in [2.24, 2.45) is 5.14 Å². The molecule has 0 amide bonds. The van der Waals surface area contributed by atoms with E-state index in [0.717, 1.165) is 29.2 Å².